The zero-order valence-electron chi connectivity index (χ0n) is 20.5. The van der Waals surface area contributed by atoms with Gasteiger partial charge in [0, 0.05) is 5.69 Å². The highest BCUT2D eigenvalue weighted by Crippen LogP contribution is 2.40. The van der Waals surface area contributed by atoms with Crippen LogP contribution in [-0.2, 0) is 9.59 Å². The second kappa shape index (κ2) is 10.8. The van der Waals surface area contributed by atoms with Crippen LogP contribution in [0, 0.1) is 13.8 Å². The number of aryl methyl sites for hydroxylation is 2. The van der Waals surface area contributed by atoms with Crippen molar-refractivity contribution in [1.82, 2.24) is 10.2 Å². The van der Waals surface area contributed by atoms with Gasteiger partial charge in [0.05, 0.1) is 12.8 Å². The van der Waals surface area contributed by atoms with Gasteiger partial charge in [-0.15, -0.1) is 0 Å². The average molecular weight is 452 g/mol. The van der Waals surface area contributed by atoms with E-state index in [-0.39, 0.29) is 18.4 Å². The molecule has 178 valence electrons. The zero-order chi connectivity index (χ0) is 24.0. The zero-order valence-corrected chi connectivity index (χ0v) is 20.5. The van der Waals surface area contributed by atoms with Gasteiger partial charge < -0.3 is 15.0 Å². The Labute approximate surface area is 197 Å². The van der Waals surface area contributed by atoms with Crippen LogP contribution in [0.3, 0.4) is 0 Å². The molecule has 1 aliphatic heterocycles. The maximum absolute atomic E-state index is 13.5. The minimum Gasteiger partial charge on any atom is -0.497 e. The highest BCUT2D eigenvalue weighted by atomic mass is 16.5. The lowest BCUT2D eigenvalue weighted by Gasteiger charge is -2.41. The monoisotopic (exact) mass is 451 g/mol. The Hall–Kier alpha value is -2.86. The number of hydrogen-bond donors (Lipinski definition) is 2. The molecule has 1 unspecified atom stereocenters. The molecule has 0 bridgehead atoms. The van der Waals surface area contributed by atoms with Crippen LogP contribution in [-0.4, -0.2) is 36.0 Å². The summed E-state index contributed by atoms with van der Waals surface area (Å²) in [4.78, 5) is 28.2. The molecule has 1 heterocycles. The van der Waals surface area contributed by atoms with E-state index >= 15 is 0 Å². The number of nitrogens with one attached hydrogen (secondary N) is 2. The lowest BCUT2D eigenvalue weighted by molar-refractivity contribution is -0.137. The van der Waals surface area contributed by atoms with Crippen molar-refractivity contribution >= 4 is 17.5 Å². The highest BCUT2D eigenvalue weighted by Gasteiger charge is 2.51. The van der Waals surface area contributed by atoms with Gasteiger partial charge in [0.1, 0.15) is 18.3 Å². The molecular formula is C27H37N3O3. The van der Waals surface area contributed by atoms with E-state index in [9.17, 15) is 9.59 Å². The molecule has 6 nitrogen and oxygen atoms in total. The van der Waals surface area contributed by atoms with E-state index in [1.165, 1.54) is 0 Å². The van der Waals surface area contributed by atoms with Crippen molar-refractivity contribution in [1.29, 1.82) is 0 Å². The SMILES string of the molecule is CC.COc1ccc(C2NC3(CCCCC3)N(CC(=O)Nc3ccc(C)cc3C)C2=O)cc1. The minimum absolute atomic E-state index is 0.0390. The van der Waals surface area contributed by atoms with Gasteiger partial charge in [-0.25, -0.2) is 0 Å². The summed E-state index contributed by atoms with van der Waals surface area (Å²) < 4.78 is 5.25. The summed E-state index contributed by atoms with van der Waals surface area (Å²) in [5.74, 6) is 0.552. The average Bonchev–Trinajstić information content (AvgIpc) is 3.08. The molecule has 2 amide bonds. The molecule has 2 aromatic carbocycles. The van der Waals surface area contributed by atoms with Crippen LogP contribution in [0.4, 0.5) is 5.69 Å². The molecule has 2 fully saturated rings. The Kier molecular flexibility index (Phi) is 8.14. The molecule has 1 spiro atoms. The maximum atomic E-state index is 13.5. The summed E-state index contributed by atoms with van der Waals surface area (Å²) in [7, 11) is 1.63. The lowest BCUT2D eigenvalue weighted by atomic mass is 9.88. The van der Waals surface area contributed by atoms with Gasteiger partial charge in [-0.2, -0.15) is 0 Å². The van der Waals surface area contributed by atoms with E-state index in [0.717, 1.165) is 60.2 Å². The normalized spacial score (nSPS) is 19.1. The number of hydrogen-bond acceptors (Lipinski definition) is 4. The summed E-state index contributed by atoms with van der Waals surface area (Å²) in [6.07, 6.45) is 4.98. The molecule has 2 N–H and O–H groups in total. The molecule has 2 aromatic rings. The molecule has 0 radical (unpaired) electrons. The largest absolute Gasteiger partial charge is 0.497 e. The van der Waals surface area contributed by atoms with Gasteiger partial charge >= 0.3 is 0 Å². The Balaban J connectivity index is 0.00000149. The first kappa shape index (κ1) is 24.8. The number of carbonyl (C=O) groups is 2. The van der Waals surface area contributed by atoms with Crippen molar-refractivity contribution in [3.05, 3.63) is 59.2 Å². The molecular weight excluding hydrogens is 414 g/mol. The Morgan fingerprint density at radius 3 is 2.36 bits per heavy atom. The molecule has 1 aliphatic carbocycles. The second-order valence-corrected chi connectivity index (χ2v) is 8.73. The molecule has 1 atom stereocenters. The molecule has 0 aromatic heterocycles. The van der Waals surface area contributed by atoms with Crippen molar-refractivity contribution in [2.24, 2.45) is 0 Å². The first-order valence-corrected chi connectivity index (χ1v) is 12.0. The first-order chi connectivity index (χ1) is 15.9. The fraction of sp³-hybridized carbons (Fsp3) is 0.481. The molecule has 2 aliphatic rings. The van der Waals surface area contributed by atoms with Crippen LogP contribution in [0.2, 0.25) is 0 Å². The number of ether oxygens (including phenoxy) is 1. The van der Waals surface area contributed by atoms with Crippen molar-refractivity contribution in [3.63, 3.8) is 0 Å². The Morgan fingerprint density at radius 2 is 1.76 bits per heavy atom. The fourth-order valence-corrected chi connectivity index (χ4v) is 4.86. The van der Waals surface area contributed by atoms with Gasteiger partial charge in [-0.3, -0.25) is 14.9 Å². The van der Waals surface area contributed by atoms with Gasteiger partial charge in [0.15, 0.2) is 0 Å². The van der Waals surface area contributed by atoms with E-state index in [4.69, 9.17) is 4.74 Å². The van der Waals surface area contributed by atoms with E-state index in [1.807, 2.05) is 70.2 Å². The number of carbonyl (C=O) groups excluding carboxylic acids is 2. The van der Waals surface area contributed by atoms with Gasteiger partial charge in [0.2, 0.25) is 11.8 Å². The predicted octanol–water partition coefficient (Wildman–Crippen LogP) is 5.11. The molecule has 1 saturated heterocycles. The van der Waals surface area contributed by atoms with E-state index in [1.54, 1.807) is 12.0 Å². The standard InChI is InChI=1S/C25H31N3O3.C2H6/c1-17-7-12-21(18(2)15-17)26-22(29)16-28-24(30)23(19-8-10-20(31-3)11-9-19)27-25(28)13-5-4-6-14-25;1-2/h7-12,15,23,27H,4-6,13-14,16H2,1-3H3,(H,26,29);1-2H3. The van der Waals surface area contributed by atoms with E-state index < -0.39 is 11.7 Å². The molecule has 4 rings (SSSR count). The van der Waals surface area contributed by atoms with Gasteiger partial charge in [0.25, 0.3) is 0 Å². The van der Waals surface area contributed by atoms with Gasteiger partial charge in [-0.05, 0) is 68.9 Å². The minimum atomic E-state index is -0.459. The topological polar surface area (TPSA) is 70.7 Å². The third-order valence-corrected chi connectivity index (χ3v) is 6.53. The van der Waals surface area contributed by atoms with Crippen molar-refractivity contribution in [2.45, 2.75) is 71.5 Å². The van der Waals surface area contributed by atoms with Crippen LogP contribution in [0.15, 0.2) is 42.5 Å². The number of amides is 2. The predicted molar refractivity (Wildman–Crippen MR) is 132 cm³/mol. The Bertz CT molecular complexity index is 965. The summed E-state index contributed by atoms with van der Waals surface area (Å²) >= 11 is 0. The van der Waals surface area contributed by atoms with E-state index in [0.29, 0.717) is 0 Å². The smallest absolute Gasteiger partial charge is 0.246 e. The van der Waals surface area contributed by atoms with Crippen molar-refractivity contribution in [2.75, 3.05) is 19.0 Å². The number of benzene rings is 2. The number of methoxy groups -OCH3 is 1. The van der Waals surface area contributed by atoms with Crippen molar-refractivity contribution in [3.8, 4) is 5.75 Å². The number of anilines is 1. The third-order valence-electron chi connectivity index (χ3n) is 6.53. The van der Waals surface area contributed by atoms with Crippen LogP contribution in [0.1, 0.15) is 68.7 Å². The second-order valence-electron chi connectivity index (χ2n) is 8.73. The quantitative estimate of drug-likeness (QED) is 0.663. The van der Waals surface area contributed by atoms with Crippen molar-refractivity contribution < 1.29 is 14.3 Å². The summed E-state index contributed by atoms with van der Waals surface area (Å²) in [6, 6.07) is 13.1. The van der Waals surface area contributed by atoms with Crippen LogP contribution in [0.25, 0.3) is 0 Å². The first-order valence-electron chi connectivity index (χ1n) is 12.0. The van der Waals surface area contributed by atoms with Gasteiger partial charge in [-0.1, -0.05) is 50.1 Å². The molecule has 33 heavy (non-hydrogen) atoms. The number of nitrogens with zero attached hydrogens (tertiary/aromatic N) is 1. The van der Waals surface area contributed by atoms with Crippen LogP contribution in [0.5, 0.6) is 5.75 Å². The summed E-state index contributed by atoms with van der Waals surface area (Å²) in [6.45, 7) is 8.05. The summed E-state index contributed by atoms with van der Waals surface area (Å²) in [5, 5.41) is 6.60. The maximum Gasteiger partial charge on any atom is 0.246 e. The number of rotatable bonds is 5. The van der Waals surface area contributed by atoms with Crippen LogP contribution < -0.4 is 15.4 Å². The highest BCUT2D eigenvalue weighted by molar-refractivity contribution is 5.97. The molecule has 1 saturated carbocycles. The summed E-state index contributed by atoms with van der Waals surface area (Å²) in [5.41, 5.74) is 3.40. The Morgan fingerprint density at radius 1 is 1.09 bits per heavy atom. The lowest BCUT2D eigenvalue weighted by Crippen LogP contribution is -2.55. The fourth-order valence-electron chi connectivity index (χ4n) is 4.86. The third kappa shape index (κ3) is 5.38. The van der Waals surface area contributed by atoms with Crippen LogP contribution >= 0.6 is 0 Å². The molecule has 6 heteroatoms. The van der Waals surface area contributed by atoms with E-state index in [2.05, 4.69) is 10.6 Å².